The molecule has 0 aliphatic rings. The largest absolute Gasteiger partial charge is 0.0648 e. The number of unbranched alkanes of at least 4 members (excludes halogenated alkanes) is 3. The van der Waals surface area contributed by atoms with E-state index in [2.05, 4.69) is 19.8 Å². The summed E-state index contributed by atoms with van der Waals surface area (Å²) in [6.07, 6.45) is 7.36. The predicted octanol–water partition coefficient (Wildman–Crippen LogP) is 2.09. The van der Waals surface area contributed by atoms with Gasteiger partial charge in [0.2, 0.25) is 0 Å². The summed E-state index contributed by atoms with van der Waals surface area (Å²) in [7, 11) is 0. The topological polar surface area (TPSA) is 0 Å². The highest BCUT2D eigenvalue weighted by Gasteiger charge is 1.77. The zero-order valence-corrected chi connectivity index (χ0v) is 4.49. The fraction of sp³-hybridized carbons (Fsp3) is 0.667. The van der Waals surface area contributed by atoms with E-state index in [1.54, 1.807) is 0 Å². The van der Waals surface area contributed by atoms with Crippen LogP contribution in [0, 0.1) is 12.8 Å². The zero-order valence-electron chi connectivity index (χ0n) is 4.49. The average Bonchev–Trinajstić information content (AvgIpc) is 1.61. The maximum absolute atomic E-state index is 3.14. The molecule has 0 aliphatic heterocycles. The van der Waals surface area contributed by atoms with Gasteiger partial charge in [-0.25, -0.2) is 0 Å². The molecule has 0 rings (SSSR count). The summed E-state index contributed by atoms with van der Waals surface area (Å²) in [6.45, 7) is 4.14. The lowest BCUT2D eigenvalue weighted by Crippen LogP contribution is -1.69. The fourth-order valence-electron chi connectivity index (χ4n) is 0.289. The molecule has 0 heteroatoms. The average molecular weight is 83.2 g/mol. The van der Waals surface area contributed by atoms with Gasteiger partial charge in [-0.1, -0.05) is 13.8 Å². The molecule has 0 aromatic carbocycles. The van der Waals surface area contributed by atoms with Crippen LogP contribution in [0.3, 0.4) is 0 Å². The van der Waals surface area contributed by atoms with Gasteiger partial charge in [0.25, 0.3) is 0 Å². The second kappa shape index (κ2) is 5.00. The molecule has 0 bridgehead atoms. The molecule has 0 N–H and O–H groups in total. The molecular weight excluding hydrogens is 72.1 g/mol. The minimum absolute atomic E-state index is 1.04. The summed E-state index contributed by atoms with van der Waals surface area (Å²) in [6, 6.07) is 0. The first kappa shape index (κ1) is 6.00. The van der Waals surface area contributed by atoms with E-state index >= 15 is 0 Å². The molecule has 0 nitrogen and oxygen atoms in total. The minimum atomic E-state index is 1.04. The van der Waals surface area contributed by atoms with Gasteiger partial charge < -0.3 is 0 Å². The molecule has 0 aromatic rings. The van der Waals surface area contributed by atoms with Gasteiger partial charge in [-0.15, -0.1) is 0 Å². The maximum Gasteiger partial charge on any atom is -0.0173 e. The standard InChI is InChI=1S/C6H11/c1-3-5-6-4-2/h3H,4-5H2,1-2H3. The Morgan fingerprint density at radius 2 is 2.33 bits per heavy atom. The van der Waals surface area contributed by atoms with Crippen molar-refractivity contribution in [3.8, 4) is 0 Å². The van der Waals surface area contributed by atoms with E-state index in [0.29, 0.717) is 0 Å². The van der Waals surface area contributed by atoms with Crippen molar-refractivity contribution >= 4 is 0 Å². The van der Waals surface area contributed by atoms with E-state index in [-0.39, 0.29) is 0 Å². The summed E-state index contributed by atoms with van der Waals surface area (Å²) in [5.41, 5.74) is 0. The third-order valence-corrected chi connectivity index (χ3v) is 0.598. The van der Waals surface area contributed by atoms with Gasteiger partial charge in [0.05, 0.1) is 0 Å². The van der Waals surface area contributed by atoms with Crippen LogP contribution in [-0.4, -0.2) is 0 Å². The molecule has 0 amide bonds. The second-order valence-corrected chi connectivity index (χ2v) is 1.22. The molecule has 6 heavy (non-hydrogen) atoms. The molecule has 0 heterocycles. The molecular formula is C6H11. The Hall–Kier alpha value is 0. The summed E-state index contributed by atoms with van der Waals surface area (Å²) in [5.74, 6) is 0. The second-order valence-electron chi connectivity index (χ2n) is 1.22. The van der Waals surface area contributed by atoms with E-state index in [4.69, 9.17) is 0 Å². The Kier molecular flexibility index (Phi) is 5.00. The Bertz CT molecular complexity index is 12.0. The highest BCUT2D eigenvalue weighted by Crippen LogP contribution is 1.92. The molecule has 0 aromatic heterocycles. The highest BCUT2D eigenvalue weighted by atomic mass is 13.8. The molecule has 0 atom stereocenters. The molecule has 35 valence electrons. The third kappa shape index (κ3) is 4.00. The van der Waals surface area contributed by atoms with E-state index in [1.807, 2.05) is 6.92 Å². The lowest BCUT2D eigenvalue weighted by atomic mass is 10.2. The molecule has 0 unspecified atom stereocenters. The molecule has 0 saturated carbocycles. The molecule has 3 radical (unpaired) electrons. The fourth-order valence-corrected chi connectivity index (χ4v) is 0.289. The van der Waals surface area contributed by atoms with E-state index in [9.17, 15) is 0 Å². The SMILES string of the molecule is C[CH]C[C]CC. The summed E-state index contributed by atoms with van der Waals surface area (Å²) < 4.78 is 0. The Labute approximate surface area is 40.6 Å². The normalized spacial score (nSPS) is 9.00. The van der Waals surface area contributed by atoms with Crippen molar-refractivity contribution in [1.82, 2.24) is 0 Å². The molecule has 0 fully saturated rings. The lowest BCUT2D eigenvalue weighted by Gasteiger charge is -1.84. The van der Waals surface area contributed by atoms with Crippen molar-refractivity contribution in [2.24, 2.45) is 0 Å². The van der Waals surface area contributed by atoms with Crippen LogP contribution in [0.4, 0.5) is 0 Å². The monoisotopic (exact) mass is 83.1 g/mol. The van der Waals surface area contributed by atoms with Crippen LogP contribution in [-0.2, 0) is 0 Å². The summed E-state index contributed by atoms with van der Waals surface area (Å²) in [4.78, 5) is 0. The van der Waals surface area contributed by atoms with Crippen molar-refractivity contribution in [3.05, 3.63) is 12.8 Å². The number of hydrogen-bond acceptors (Lipinski definition) is 0. The quantitative estimate of drug-likeness (QED) is 0.458. The van der Waals surface area contributed by atoms with Crippen LogP contribution in [0.2, 0.25) is 0 Å². The molecule has 0 saturated heterocycles. The highest BCUT2D eigenvalue weighted by molar-refractivity contribution is 4.69. The first-order valence-electron chi connectivity index (χ1n) is 2.40. The third-order valence-electron chi connectivity index (χ3n) is 0.598. The van der Waals surface area contributed by atoms with Gasteiger partial charge >= 0.3 is 0 Å². The van der Waals surface area contributed by atoms with E-state index in [1.165, 1.54) is 0 Å². The van der Waals surface area contributed by atoms with Crippen LogP contribution in [0.5, 0.6) is 0 Å². The summed E-state index contributed by atoms with van der Waals surface area (Å²) in [5, 5.41) is 0. The van der Waals surface area contributed by atoms with Crippen LogP contribution in [0.15, 0.2) is 0 Å². The van der Waals surface area contributed by atoms with Gasteiger partial charge in [0, 0.05) is 0 Å². The van der Waals surface area contributed by atoms with Crippen molar-refractivity contribution in [2.45, 2.75) is 26.7 Å². The first-order chi connectivity index (χ1) is 2.91. The lowest BCUT2D eigenvalue weighted by molar-refractivity contribution is 0.980. The number of hydrogen-bond donors (Lipinski definition) is 0. The molecule has 0 spiro atoms. The smallest absolute Gasteiger partial charge is 0.0173 e. The van der Waals surface area contributed by atoms with Crippen molar-refractivity contribution in [2.75, 3.05) is 0 Å². The molecule has 0 aliphatic carbocycles. The van der Waals surface area contributed by atoms with E-state index < -0.39 is 0 Å². The zero-order chi connectivity index (χ0) is 4.83. The predicted molar refractivity (Wildman–Crippen MR) is 28.1 cm³/mol. The summed E-state index contributed by atoms with van der Waals surface area (Å²) >= 11 is 0. The van der Waals surface area contributed by atoms with Crippen molar-refractivity contribution in [1.29, 1.82) is 0 Å². The van der Waals surface area contributed by atoms with Gasteiger partial charge in [-0.2, -0.15) is 0 Å². The number of rotatable bonds is 3. The van der Waals surface area contributed by atoms with Gasteiger partial charge in [-0.3, -0.25) is 0 Å². The van der Waals surface area contributed by atoms with Gasteiger partial charge in [0.1, 0.15) is 0 Å². The Morgan fingerprint density at radius 3 is 2.50 bits per heavy atom. The van der Waals surface area contributed by atoms with Gasteiger partial charge in [0.15, 0.2) is 0 Å². The Balaban J connectivity index is 2.34. The van der Waals surface area contributed by atoms with Crippen LogP contribution in [0.1, 0.15) is 26.7 Å². The van der Waals surface area contributed by atoms with Crippen molar-refractivity contribution < 1.29 is 0 Å². The van der Waals surface area contributed by atoms with Gasteiger partial charge in [-0.05, 0) is 25.7 Å². The first-order valence-corrected chi connectivity index (χ1v) is 2.40. The minimum Gasteiger partial charge on any atom is -0.0648 e. The van der Waals surface area contributed by atoms with Crippen LogP contribution in [0.25, 0.3) is 0 Å². The van der Waals surface area contributed by atoms with E-state index in [0.717, 1.165) is 12.8 Å². The maximum atomic E-state index is 3.14. The van der Waals surface area contributed by atoms with Crippen molar-refractivity contribution in [3.63, 3.8) is 0 Å². The van der Waals surface area contributed by atoms with Crippen LogP contribution >= 0.6 is 0 Å². The van der Waals surface area contributed by atoms with Crippen LogP contribution < -0.4 is 0 Å². The Morgan fingerprint density at radius 1 is 1.67 bits per heavy atom.